The Bertz CT molecular complexity index is 208. The third-order valence-corrected chi connectivity index (χ3v) is 2.40. The lowest BCUT2D eigenvalue weighted by Crippen LogP contribution is -2.44. The highest BCUT2D eigenvalue weighted by molar-refractivity contribution is 7.80. The topological polar surface area (TPSA) is 29.5 Å². The number of unbranched alkanes of at least 4 members (excludes halogenated alkanes) is 1. The van der Waals surface area contributed by atoms with Gasteiger partial charge in [0, 0.05) is 0 Å². The van der Waals surface area contributed by atoms with Crippen molar-refractivity contribution < 1.29 is 18.6 Å². The fourth-order valence-electron chi connectivity index (χ4n) is 0.945. The monoisotopic (exact) mass is 240 g/mol. The minimum absolute atomic E-state index is 0.176. The molecule has 0 aromatic carbocycles. The molecule has 0 saturated heterocycles. The van der Waals surface area contributed by atoms with Crippen LogP contribution in [0.3, 0.4) is 0 Å². The molecule has 0 aliphatic carbocycles. The Kier molecular flexibility index (Phi) is 6.20. The van der Waals surface area contributed by atoms with Gasteiger partial charge in [-0.15, -0.1) is 0 Å². The van der Waals surface area contributed by atoms with Crippen molar-refractivity contribution in [2.75, 3.05) is 6.61 Å². The molecule has 1 atom stereocenters. The fraction of sp³-hybridized carbons (Fsp3) is 0.900. The van der Waals surface area contributed by atoms with E-state index in [1.165, 1.54) is 13.8 Å². The molecule has 0 aromatic rings. The van der Waals surface area contributed by atoms with Gasteiger partial charge in [-0.25, -0.2) is 0 Å². The van der Waals surface area contributed by atoms with Crippen LogP contribution in [-0.2, 0) is 4.74 Å². The van der Waals surface area contributed by atoms with E-state index in [2.05, 4.69) is 12.2 Å². The van der Waals surface area contributed by atoms with Gasteiger partial charge in [0.2, 0.25) is 5.05 Å². The molecule has 2 nitrogen and oxygen atoms in total. The Morgan fingerprint density at radius 1 is 1.47 bits per heavy atom. The number of hydrogen-bond donors (Lipinski definition) is 1. The van der Waals surface area contributed by atoms with Crippen molar-refractivity contribution in [2.45, 2.75) is 45.6 Å². The first-order valence-corrected chi connectivity index (χ1v) is 5.48. The molecule has 90 valence electrons. The minimum atomic E-state index is -3.45. The average Bonchev–Trinajstić information content (AvgIpc) is 2.16. The summed E-state index contributed by atoms with van der Waals surface area (Å²) in [7, 11) is 0. The molecule has 0 radical (unpaired) electrons. The molecule has 0 saturated carbocycles. The van der Waals surface area contributed by atoms with Crippen LogP contribution in [0.25, 0.3) is 0 Å². The van der Waals surface area contributed by atoms with Crippen LogP contribution in [0.1, 0.15) is 33.6 Å². The quantitative estimate of drug-likeness (QED) is 0.572. The van der Waals surface area contributed by atoms with E-state index in [1.807, 2.05) is 6.92 Å². The molecular formula is C10H18F2O2S. The SMILES string of the molecule is CCCCOC(=S)C(F)(F)C(O)C(C)C. The molecule has 0 aliphatic heterocycles. The highest BCUT2D eigenvalue weighted by atomic mass is 32.1. The van der Waals surface area contributed by atoms with Gasteiger partial charge in [0.05, 0.1) is 6.61 Å². The third kappa shape index (κ3) is 4.38. The summed E-state index contributed by atoms with van der Waals surface area (Å²) in [5.41, 5.74) is 0. The Hall–Kier alpha value is -0.290. The van der Waals surface area contributed by atoms with Crippen molar-refractivity contribution >= 4 is 17.3 Å². The highest BCUT2D eigenvalue weighted by Crippen LogP contribution is 2.26. The maximum Gasteiger partial charge on any atom is 0.339 e. The van der Waals surface area contributed by atoms with Gasteiger partial charge in [0.25, 0.3) is 0 Å². The first kappa shape index (κ1) is 14.7. The van der Waals surface area contributed by atoms with E-state index < -0.39 is 23.0 Å². The molecule has 1 unspecified atom stereocenters. The number of hydrogen-bond acceptors (Lipinski definition) is 3. The second kappa shape index (κ2) is 6.33. The lowest BCUT2D eigenvalue weighted by molar-refractivity contribution is -0.0855. The Labute approximate surface area is 94.6 Å². The van der Waals surface area contributed by atoms with Crippen LogP contribution in [0.5, 0.6) is 0 Å². The lowest BCUT2D eigenvalue weighted by atomic mass is 10.0. The summed E-state index contributed by atoms with van der Waals surface area (Å²) in [4.78, 5) is 0. The maximum atomic E-state index is 13.4. The van der Waals surface area contributed by atoms with Crippen LogP contribution < -0.4 is 0 Å². The molecule has 0 spiro atoms. The standard InChI is InChI=1S/C10H18F2O2S/c1-4-5-6-14-9(15)10(11,12)8(13)7(2)3/h7-8,13H,4-6H2,1-3H3. The average molecular weight is 240 g/mol. The van der Waals surface area contributed by atoms with Gasteiger partial charge in [-0.3, -0.25) is 0 Å². The van der Waals surface area contributed by atoms with Gasteiger partial charge in [-0.05, 0) is 24.6 Å². The van der Waals surface area contributed by atoms with E-state index in [0.29, 0.717) is 6.42 Å². The molecule has 0 amide bonds. The summed E-state index contributed by atoms with van der Waals surface area (Å²) in [6.45, 7) is 5.11. The summed E-state index contributed by atoms with van der Waals surface area (Å²) in [5.74, 6) is -4.01. The van der Waals surface area contributed by atoms with E-state index in [-0.39, 0.29) is 6.61 Å². The van der Waals surface area contributed by atoms with Gasteiger partial charge in [-0.1, -0.05) is 27.2 Å². The largest absolute Gasteiger partial charge is 0.482 e. The van der Waals surface area contributed by atoms with Crippen molar-refractivity contribution in [3.05, 3.63) is 0 Å². The number of aliphatic hydroxyl groups is 1. The Morgan fingerprint density at radius 2 is 2.00 bits per heavy atom. The summed E-state index contributed by atoms with van der Waals surface area (Å²) in [5, 5.41) is 8.46. The zero-order valence-electron chi connectivity index (χ0n) is 9.30. The third-order valence-electron chi connectivity index (χ3n) is 2.01. The van der Waals surface area contributed by atoms with E-state index in [0.717, 1.165) is 6.42 Å². The van der Waals surface area contributed by atoms with Gasteiger partial charge < -0.3 is 9.84 Å². The number of aliphatic hydroxyl groups excluding tert-OH is 1. The smallest absolute Gasteiger partial charge is 0.339 e. The molecule has 0 aliphatic rings. The number of thiocarbonyl (C=S) groups is 1. The van der Waals surface area contributed by atoms with Gasteiger partial charge in [-0.2, -0.15) is 8.78 Å². The summed E-state index contributed by atoms with van der Waals surface area (Å²) >= 11 is 4.47. The van der Waals surface area contributed by atoms with E-state index >= 15 is 0 Å². The molecule has 0 aromatic heterocycles. The van der Waals surface area contributed by atoms with E-state index in [4.69, 9.17) is 4.74 Å². The number of rotatable bonds is 6. The van der Waals surface area contributed by atoms with Crippen LogP contribution in [-0.4, -0.2) is 28.8 Å². The van der Waals surface area contributed by atoms with Crippen LogP contribution in [0.4, 0.5) is 8.78 Å². The Morgan fingerprint density at radius 3 is 2.40 bits per heavy atom. The fourth-order valence-corrected chi connectivity index (χ4v) is 1.15. The van der Waals surface area contributed by atoms with Crippen LogP contribution in [0, 0.1) is 5.92 Å². The number of ether oxygens (including phenoxy) is 1. The second-order valence-corrected chi connectivity index (χ2v) is 4.17. The van der Waals surface area contributed by atoms with Crippen LogP contribution in [0.2, 0.25) is 0 Å². The Balaban J connectivity index is 4.25. The van der Waals surface area contributed by atoms with Crippen LogP contribution >= 0.6 is 12.2 Å². The highest BCUT2D eigenvalue weighted by Gasteiger charge is 2.46. The molecular weight excluding hydrogens is 222 g/mol. The van der Waals surface area contributed by atoms with Crippen molar-refractivity contribution in [3.8, 4) is 0 Å². The number of halogens is 2. The molecule has 0 fully saturated rings. The first-order valence-electron chi connectivity index (χ1n) is 5.07. The van der Waals surface area contributed by atoms with Gasteiger partial charge in [0.15, 0.2) is 0 Å². The van der Waals surface area contributed by atoms with Gasteiger partial charge >= 0.3 is 5.92 Å². The zero-order chi connectivity index (χ0) is 12.1. The van der Waals surface area contributed by atoms with Crippen molar-refractivity contribution in [2.24, 2.45) is 5.92 Å². The van der Waals surface area contributed by atoms with Crippen molar-refractivity contribution in [3.63, 3.8) is 0 Å². The minimum Gasteiger partial charge on any atom is -0.482 e. The predicted molar refractivity (Wildman–Crippen MR) is 59.2 cm³/mol. The predicted octanol–water partition coefficient (Wildman–Crippen LogP) is 2.78. The second-order valence-electron chi connectivity index (χ2n) is 3.80. The molecule has 5 heteroatoms. The van der Waals surface area contributed by atoms with E-state index in [9.17, 15) is 13.9 Å². The molecule has 15 heavy (non-hydrogen) atoms. The lowest BCUT2D eigenvalue weighted by Gasteiger charge is -2.25. The van der Waals surface area contributed by atoms with Gasteiger partial charge in [0.1, 0.15) is 6.10 Å². The summed E-state index contributed by atoms with van der Waals surface area (Å²) < 4.78 is 31.5. The summed E-state index contributed by atoms with van der Waals surface area (Å²) in [6, 6.07) is 0. The summed E-state index contributed by atoms with van der Waals surface area (Å²) in [6.07, 6.45) is -0.263. The van der Waals surface area contributed by atoms with Crippen LogP contribution in [0.15, 0.2) is 0 Å². The zero-order valence-corrected chi connectivity index (χ0v) is 10.1. The maximum absolute atomic E-state index is 13.4. The first-order chi connectivity index (χ1) is 6.84. The molecule has 1 N–H and O–H groups in total. The molecule has 0 heterocycles. The van der Waals surface area contributed by atoms with Crippen molar-refractivity contribution in [1.29, 1.82) is 0 Å². The number of alkyl halides is 2. The normalized spacial score (nSPS) is 14.1. The molecule has 0 rings (SSSR count). The van der Waals surface area contributed by atoms with E-state index in [1.54, 1.807) is 0 Å². The molecule has 0 bridgehead atoms. The van der Waals surface area contributed by atoms with Crippen molar-refractivity contribution in [1.82, 2.24) is 0 Å².